The summed E-state index contributed by atoms with van der Waals surface area (Å²) in [5.74, 6) is -0.811. The first-order valence-corrected chi connectivity index (χ1v) is 20.8. The van der Waals surface area contributed by atoms with E-state index >= 15 is 0 Å². The minimum absolute atomic E-state index is 0.0330. The van der Waals surface area contributed by atoms with Crippen LogP contribution in [0.3, 0.4) is 0 Å². The molecule has 17 heteroatoms. The SMILES string of the molecule is CC1O[C@@H](O[C@H]2CC[C@]3(/C=N/Nc4ccc(F)cc4)[C@H]4CC[C@]5(C)[C@@H](c6ccc(=O)oc6)CC[C@]5(O)[C@@H]4CC[C@]3(O)C2)C(O)C(O)[C@H]1O[C@@H]1OC(CO)[C@@H](O)C(O)C1O. The van der Waals surface area contributed by atoms with Crippen LogP contribution in [0.25, 0.3) is 0 Å². The summed E-state index contributed by atoms with van der Waals surface area (Å²) in [7, 11) is 0. The van der Waals surface area contributed by atoms with E-state index in [-0.39, 0.29) is 24.2 Å². The van der Waals surface area contributed by atoms with Crippen molar-refractivity contribution >= 4 is 11.9 Å². The van der Waals surface area contributed by atoms with E-state index in [1.165, 1.54) is 24.5 Å². The van der Waals surface area contributed by atoms with Crippen LogP contribution in [0, 0.1) is 28.5 Å². The van der Waals surface area contributed by atoms with Gasteiger partial charge in [0.25, 0.3) is 0 Å². The first kappa shape index (κ1) is 42.8. The van der Waals surface area contributed by atoms with Gasteiger partial charge in [-0.15, -0.1) is 0 Å². The van der Waals surface area contributed by atoms with Crippen LogP contribution in [0.1, 0.15) is 83.1 Å². The molecule has 9 N–H and O–H groups in total. The summed E-state index contributed by atoms with van der Waals surface area (Å²) in [6.07, 6.45) is -7.67. The van der Waals surface area contributed by atoms with Crippen molar-refractivity contribution in [3.63, 3.8) is 0 Å². The molecule has 1 aromatic carbocycles. The van der Waals surface area contributed by atoms with E-state index in [1.54, 1.807) is 31.3 Å². The van der Waals surface area contributed by atoms with Crippen molar-refractivity contribution in [1.29, 1.82) is 0 Å². The fourth-order valence-electron chi connectivity index (χ4n) is 12.0. The predicted octanol–water partition coefficient (Wildman–Crippen LogP) is 1.25. The topological polar surface area (TPSA) is 253 Å². The lowest BCUT2D eigenvalue weighted by molar-refractivity contribution is -0.361. The average Bonchev–Trinajstić information content (AvgIpc) is 3.50. The van der Waals surface area contributed by atoms with E-state index in [0.717, 1.165) is 5.56 Å². The van der Waals surface area contributed by atoms with Gasteiger partial charge in [0, 0.05) is 29.5 Å². The number of fused-ring (bicyclic) bond motifs is 5. The molecule has 0 radical (unpaired) electrons. The normalized spacial score (nSPS) is 47.3. The minimum Gasteiger partial charge on any atom is -0.431 e. The standard InChI is InChI=1S/C42H57FN2O14/c1-21-36(59-38-34(51)32(49)31(48)29(18-46)58-38)33(50)35(52)37(56-21)57-25-9-14-40(20-44-45-24-6-4-23(43)5-7-24)27-10-13-39(2)26(22-3-8-30(47)55-19-22)12-16-42(39,54)28(27)11-15-41(40,53)17-25/h3-8,19-21,25-29,31-38,45-46,48-54H,9-18H2,1-2H3/b44-20+/t21?,25-,26+,27-,28+,29?,31+,32?,33?,34?,35?,36-,37-,38-,39+,40-,41-,42-/m0/s1. The molecule has 4 saturated carbocycles. The third-order valence-electron chi connectivity index (χ3n) is 15.2. The molecule has 4 aliphatic carbocycles. The molecule has 6 fully saturated rings. The third kappa shape index (κ3) is 7.18. The predicted molar refractivity (Wildman–Crippen MR) is 205 cm³/mol. The lowest BCUT2D eigenvalue weighted by Gasteiger charge is -2.66. The Morgan fingerprint density at radius 1 is 0.847 bits per heavy atom. The number of benzene rings is 1. The van der Waals surface area contributed by atoms with Gasteiger partial charge in [0.2, 0.25) is 0 Å². The molecular formula is C42H57FN2O14. The van der Waals surface area contributed by atoms with Crippen molar-refractivity contribution in [1.82, 2.24) is 0 Å². The van der Waals surface area contributed by atoms with Gasteiger partial charge in [-0.2, -0.15) is 5.10 Å². The van der Waals surface area contributed by atoms with Gasteiger partial charge in [0.05, 0.1) is 42.0 Å². The molecule has 2 aromatic rings. The minimum atomic E-state index is -1.73. The molecule has 2 aliphatic heterocycles. The zero-order valence-electron chi connectivity index (χ0n) is 33.1. The first-order chi connectivity index (χ1) is 28.0. The highest BCUT2D eigenvalue weighted by Gasteiger charge is 2.71. The van der Waals surface area contributed by atoms with Crippen molar-refractivity contribution in [3.8, 4) is 0 Å². The Kier molecular flexibility index (Phi) is 11.7. The van der Waals surface area contributed by atoms with E-state index in [1.807, 2.05) is 0 Å². The van der Waals surface area contributed by atoms with Gasteiger partial charge in [-0.05, 0) is 112 Å². The quantitative estimate of drug-likeness (QED) is 0.0980. The fraction of sp³-hybridized carbons (Fsp3) is 0.714. The summed E-state index contributed by atoms with van der Waals surface area (Å²) in [5, 5.41) is 93.4. The molecule has 3 heterocycles. The summed E-state index contributed by atoms with van der Waals surface area (Å²) in [6.45, 7) is 3.01. The number of hydrazone groups is 1. The molecule has 0 bridgehead atoms. The number of hydrogen-bond acceptors (Lipinski definition) is 16. The molecule has 18 atom stereocenters. The van der Waals surface area contributed by atoms with Crippen molar-refractivity contribution in [2.75, 3.05) is 12.0 Å². The van der Waals surface area contributed by atoms with Crippen LogP contribution in [-0.2, 0) is 18.9 Å². The second kappa shape index (κ2) is 16.1. The Morgan fingerprint density at radius 2 is 1.56 bits per heavy atom. The molecular weight excluding hydrogens is 775 g/mol. The summed E-state index contributed by atoms with van der Waals surface area (Å²) in [4.78, 5) is 11.8. The number of halogens is 1. The monoisotopic (exact) mass is 832 g/mol. The molecule has 2 saturated heterocycles. The highest BCUT2D eigenvalue weighted by molar-refractivity contribution is 5.71. The highest BCUT2D eigenvalue weighted by atomic mass is 19.1. The van der Waals surface area contributed by atoms with Crippen molar-refractivity contribution < 1.29 is 68.6 Å². The van der Waals surface area contributed by atoms with Crippen LogP contribution in [0.15, 0.2) is 57.0 Å². The number of aliphatic hydroxyl groups is 8. The van der Waals surface area contributed by atoms with Crippen LogP contribution >= 0.6 is 0 Å². The average molecular weight is 833 g/mol. The van der Waals surface area contributed by atoms with Crippen LogP contribution in [0.4, 0.5) is 10.1 Å². The third-order valence-corrected chi connectivity index (χ3v) is 15.2. The highest BCUT2D eigenvalue weighted by Crippen LogP contribution is 2.71. The first-order valence-electron chi connectivity index (χ1n) is 20.8. The molecule has 8 rings (SSSR count). The number of nitrogens with zero attached hydrogens (tertiary/aromatic N) is 1. The largest absolute Gasteiger partial charge is 0.431 e. The van der Waals surface area contributed by atoms with Gasteiger partial charge < -0.3 is 64.2 Å². The van der Waals surface area contributed by atoms with E-state index in [2.05, 4.69) is 17.5 Å². The van der Waals surface area contributed by atoms with E-state index < -0.39 is 108 Å². The van der Waals surface area contributed by atoms with Gasteiger partial charge in [-0.25, -0.2) is 9.18 Å². The number of nitrogens with one attached hydrogen (secondary N) is 1. The summed E-state index contributed by atoms with van der Waals surface area (Å²) in [6, 6.07) is 8.97. The van der Waals surface area contributed by atoms with Gasteiger partial charge in [0.1, 0.15) is 48.5 Å². The Morgan fingerprint density at radius 3 is 2.27 bits per heavy atom. The summed E-state index contributed by atoms with van der Waals surface area (Å²) < 4.78 is 42.6. The molecule has 326 valence electrons. The lowest BCUT2D eigenvalue weighted by Crippen LogP contribution is -2.69. The summed E-state index contributed by atoms with van der Waals surface area (Å²) >= 11 is 0. The maximum atomic E-state index is 13.7. The summed E-state index contributed by atoms with van der Waals surface area (Å²) in [5.41, 5.74) is 0.0836. The van der Waals surface area contributed by atoms with E-state index in [4.69, 9.17) is 23.4 Å². The van der Waals surface area contributed by atoms with Crippen LogP contribution < -0.4 is 11.1 Å². The van der Waals surface area contributed by atoms with E-state index in [9.17, 15) is 50.0 Å². The molecule has 59 heavy (non-hydrogen) atoms. The lowest BCUT2D eigenvalue weighted by atomic mass is 9.41. The van der Waals surface area contributed by atoms with Crippen molar-refractivity contribution in [3.05, 3.63) is 64.5 Å². The Balaban J connectivity index is 1.01. The zero-order chi connectivity index (χ0) is 42.1. The van der Waals surface area contributed by atoms with Gasteiger partial charge in [-0.3, -0.25) is 5.43 Å². The number of aliphatic hydroxyl groups excluding tert-OH is 6. The Labute approximate surface area is 340 Å². The zero-order valence-corrected chi connectivity index (χ0v) is 33.1. The van der Waals surface area contributed by atoms with Crippen LogP contribution in [0.2, 0.25) is 0 Å². The second-order valence-corrected chi connectivity index (χ2v) is 18.0. The maximum Gasteiger partial charge on any atom is 0.335 e. The number of hydrogen-bond donors (Lipinski definition) is 9. The van der Waals surface area contributed by atoms with Crippen LogP contribution in [-0.4, -0.2) is 132 Å². The second-order valence-electron chi connectivity index (χ2n) is 18.0. The van der Waals surface area contributed by atoms with Gasteiger partial charge in [0.15, 0.2) is 12.6 Å². The fourth-order valence-corrected chi connectivity index (χ4v) is 12.0. The molecule has 0 amide bonds. The molecule has 6 unspecified atom stereocenters. The van der Waals surface area contributed by atoms with Crippen molar-refractivity contribution in [2.24, 2.45) is 27.8 Å². The van der Waals surface area contributed by atoms with E-state index in [0.29, 0.717) is 57.1 Å². The smallest absolute Gasteiger partial charge is 0.335 e. The Hall–Kier alpha value is -2.91. The Bertz CT molecular complexity index is 1870. The molecule has 1 aromatic heterocycles. The maximum absolute atomic E-state index is 13.7. The van der Waals surface area contributed by atoms with Gasteiger partial charge in [-0.1, -0.05) is 6.92 Å². The molecule has 6 aliphatic rings. The molecule has 0 spiro atoms. The number of anilines is 1. The number of rotatable bonds is 9. The number of ether oxygens (including phenoxy) is 4. The van der Waals surface area contributed by atoms with Crippen LogP contribution in [0.5, 0.6) is 0 Å². The molecule has 16 nitrogen and oxygen atoms in total. The van der Waals surface area contributed by atoms with Gasteiger partial charge >= 0.3 is 5.63 Å². The van der Waals surface area contributed by atoms with Crippen molar-refractivity contribution in [2.45, 2.75) is 156 Å².